The van der Waals surface area contributed by atoms with Crippen LogP contribution in [0.4, 0.5) is 20.6 Å². The van der Waals surface area contributed by atoms with Crippen LogP contribution in [0.5, 0.6) is 0 Å². The van der Waals surface area contributed by atoms with Gasteiger partial charge in [-0.05, 0) is 18.2 Å². The molecule has 0 N–H and O–H groups in total. The van der Waals surface area contributed by atoms with Gasteiger partial charge in [-0.25, -0.2) is 9.18 Å². The molecule has 1 spiro atoms. The molecule has 0 unspecified atom stereocenters. The highest BCUT2D eigenvalue weighted by Crippen LogP contribution is 2.35. The van der Waals surface area contributed by atoms with E-state index in [0.717, 1.165) is 11.8 Å². The van der Waals surface area contributed by atoms with Crippen LogP contribution in [0.3, 0.4) is 0 Å². The number of hydrogen-bond donors (Lipinski definition) is 0. The Kier molecular flexibility index (Phi) is 5.48. The number of benzene rings is 1. The lowest BCUT2D eigenvalue weighted by Gasteiger charge is -2.38. The van der Waals surface area contributed by atoms with Crippen LogP contribution in [-0.4, -0.2) is 61.7 Å². The van der Waals surface area contributed by atoms with Crippen molar-refractivity contribution >= 4 is 34.3 Å². The molecule has 4 rings (SSSR count). The van der Waals surface area contributed by atoms with E-state index in [4.69, 9.17) is 14.2 Å². The Morgan fingerprint density at radius 3 is 2.64 bits per heavy atom. The number of halogens is 1. The topological polar surface area (TPSA) is 68.3 Å². The second kappa shape index (κ2) is 7.88. The van der Waals surface area contributed by atoms with Gasteiger partial charge >= 0.3 is 6.09 Å². The van der Waals surface area contributed by atoms with Gasteiger partial charge in [-0.15, -0.1) is 0 Å². The zero-order valence-electron chi connectivity index (χ0n) is 15.7. The molecule has 1 amide bonds. The summed E-state index contributed by atoms with van der Waals surface area (Å²) in [7, 11) is 0. The van der Waals surface area contributed by atoms with Crippen LogP contribution in [0.15, 0.2) is 18.2 Å². The van der Waals surface area contributed by atoms with Gasteiger partial charge in [-0.2, -0.15) is 0 Å². The van der Waals surface area contributed by atoms with Crippen molar-refractivity contribution in [2.24, 2.45) is 0 Å². The zero-order chi connectivity index (χ0) is 19.7. The summed E-state index contributed by atoms with van der Waals surface area (Å²) in [6, 6.07) is 4.79. The Morgan fingerprint density at radius 1 is 1.29 bits per heavy atom. The minimum atomic E-state index is -0.517. The summed E-state index contributed by atoms with van der Waals surface area (Å²) >= 11 is 1.12. The largest absolute Gasteiger partial charge is 0.443 e. The molecule has 1 aromatic rings. The Labute approximate surface area is 167 Å². The highest BCUT2D eigenvalue weighted by Gasteiger charge is 2.40. The molecular weight excluding hydrogens is 387 g/mol. The van der Waals surface area contributed by atoms with E-state index < -0.39 is 11.9 Å². The lowest BCUT2D eigenvalue weighted by atomic mass is 10.0. The highest BCUT2D eigenvalue weighted by atomic mass is 32.2. The minimum Gasteiger partial charge on any atom is -0.443 e. The first-order valence-electron chi connectivity index (χ1n) is 9.40. The number of carbonyl (C=O) groups excluding carboxylic acids is 2. The molecule has 7 nitrogen and oxygen atoms in total. The van der Waals surface area contributed by atoms with Gasteiger partial charge < -0.3 is 19.1 Å². The molecule has 3 aliphatic rings. The van der Waals surface area contributed by atoms with Crippen molar-refractivity contribution in [2.45, 2.75) is 31.7 Å². The molecule has 0 aromatic heterocycles. The summed E-state index contributed by atoms with van der Waals surface area (Å²) in [5.41, 5.74) is 0.963. The summed E-state index contributed by atoms with van der Waals surface area (Å²) < 4.78 is 31.5. The first kappa shape index (κ1) is 19.5. The van der Waals surface area contributed by atoms with Gasteiger partial charge in [0.05, 0.1) is 31.1 Å². The number of anilines is 2. The van der Waals surface area contributed by atoms with Crippen molar-refractivity contribution in [3.63, 3.8) is 0 Å². The lowest BCUT2D eigenvalue weighted by molar-refractivity contribution is -0.169. The van der Waals surface area contributed by atoms with Crippen LogP contribution >= 0.6 is 11.8 Å². The fourth-order valence-corrected chi connectivity index (χ4v) is 4.42. The van der Waals surface area contributed by atoms with E-state index in [2.05, 4.69) is 0 Å². The van der Waals surface area contributed by atoms with Crippen molar-refractivity contribution in [1.82, 2.24) is 0 Å². The van der Waals surface area contributed by atoms with Crippen molar-refractivity contribution in [3.8, 4) is 0 Å². The fourth-order valence-electron chi connectivity index (χ4n) is 3.82. The van der Waals surface area contributed by atoms with Gasteiger partial charge in [0.25, 0.3) is 0 Å². The molecule has 28 heavy (non-hydrogen) atoms. The number of rotatable bonds is 4. The third-order valence-electron chi connectivity index (χ3n) is 5.27. The SMILES string of the molecule is CC(=O)SC[C@H]1CN(c2ccc(N3CCC4(CC3)OCCO4)c(F)c2)C(=O)O1. The van der Waals surface area contributed by atoms with Gasteiger partial charge in [0.2, 0.25) is 0 Å². The number of nitrogens with zero attached hydrogens (tertiary/aromatic N) is 2. The average Bonchev–Trinajstić information content (AvgIpc) is 3.28. The third-order valence-corrected chi connectivity index (χ3v) is 6.21. The van der Waals surface area contributed by atoms with Crippen LogP contribution in [0.2, 0.25) is 0 Å². The Balaban J connectivity index is 1.41. The molecule has 0 radical (unpaired) electrons. The van der Waals surface area contributed by atoms with E-state index in [1.807, 2.05) is 4.90 Å². The fraction of sp³-hybridized carbons (Fsp3) is 0.579. The monoisotopic (exact) mass is 410 g/mol. The van der Waals surface area contributed by atoms with Crippen molar-refractivity contribution < 1.29 is 28.2 Å². The van der Waals surface area contributed by atoms with Crippen LogP contribution in [-0.2, 0) is 19.0 Å². The standard InChI is InChI=1S/C19H23FN2O5S/c1-13(23)28-12-15-11-22(18(24)27-15)14-2-3-17(16(20)10-14)21-6-4-19(5-7-21)25-8-9-26-19/h2-3,10,15H,4-9,11-12H2,1H3/t15-/m1/s1. The quantitative estimate of drug-likeness (QED) is 0.756. The predicted octanol–water partition coefficient (Wildman–Crippen LogP) is 2.77. The van der Waals surface area contributed by atoms with E-state index in [1.54, 1.807) is 12.1 Å². The third kappa shape index (κ3) is 3.97. The second-order valence-corrected chi connectivity index (χ2v) is 8.35. The molecule has 3 fully saturated rings. The Hall–Kier alpha value is -1.84. The molecule has 0 saturated carbocycles. The Morgan fingerprint density at radius 2 is 2.00 bits per heavy atom. The van der Waals surface area contributed by atoms with Crippen LogP contribution < -0.4 is 9.80 Å². The number of cyclic esters (lactones) is 1. The molecule has 1 aromatic carbocycles. The maximum atomic E-state index is 14.8. The molecule has 0 bridgehead atoms. The molecule has 3 saturated heterocycles. The van der Waals surface area contributed by atoms with Crippen molar-refractivity contribution in [1.29, 1.82) is 0 Å². The summed E-state index contributed by atoms with van der Waals surface area (Å²) in [6.45, 7) is 4.29. The van der Waals surface area contributed by atoms with Gasteiger partial charge in [0, 0.05) is 38.6 Å². The molecule has 9 heteroatoms. The molecule has 1 atom stereocenters. The zero-order valence-corrected chi connectivity index (χ0v) is 16.5. The van der Waals surface area contributed by atoms with Crippen LogP contribution in [0.1, 0.15) is 19.8 Å². The van der Waals surface area contributed by atoms with Gasteiger partial charge in [-0.3, -0.25) is 9.69 Å². The van der Waals surface area contributed by atoms with Gasteiger partial charge in [-0.1, -0.05) is 11.8 Å². The Bertz CT molecular complexity index is 761. The number of ether oxygens (including phenoxy) is 3. The minimum absolute atomic E-state index is 0.0263. The van der Waals surface area contributed by atoms with E-state index in [9.17, 15) is 14.0 Å². The molecular formula is C19H23FN2O5S. The number of piperidine rings is 1. The van der Waals surface area contributed by atoms with Crippen LogP contribution in [0, 0.1) is 5.82 Å². The number of thioether (sulfide) groups is 1. The van der Waals surface area contributed by atoms with Crippen molar-refractivity contribution in [2.75, 3.05) is 48.4 Å². The van der Waals surface area contributed by atoms with E-state index in [-0.39, 0.29) is 17.0 Å². The summed E-state index contributed by atoms with van der Waals surface area (Å²) in [5, 5.41) is -0.0263. The van der Waals surface area contributed by atoms with Gasteiger partial charge in [0.15, 0.2) is 10.9 Å². The van der Waals surface area contributed by atoms with Crippen LogP contribution in [0.25, 0.3) is 0 Å². The van der Waals surface area contributed by atoms with E-state index in [0.29, 0.717) is 62.8 Å². The summed E-state index contributed by atoms with van der Waals surface area (Å²) in [5.74, 6) is -0.479. The predicted molar refractivity (Wildman–Crippen MR) is 103 cm³/mol. The normalized spacial score (nSPS) is 24.1. The molecule has 3 heterocycles. The first-order valence-corrected chi connectivity index (χ1v) is 10.4. The summed E-state index contributed by atoms with van der Waals surface area (Å²) in [6.07, 6.45) is 0.496. The maximum Gasteiger partial charge on any atom is 0.414 e. The average molecular weight is 410 g/mol. The number of amides is 1. The maximum absolute atomic E-state index is 14.8. The second-order valence-electron chi connectivity index (χ2n) is 7.15. The highest BCUT2D eigenvalue weighted by molar-refractivity contribution is 8.13. The molecule has 3 aliphatic heterocycles. The van der Waals surface area contributed by atoms with Crippen molar-refractivity contribution in [3.05, 3.63) is 24.0 Å². The van der Waals surface area contributed by atoms with E-state index >= 15 is 0 Å². The molecule has 0 aliphatic carbocycles. The first-order chi connectivity index (χ1) is 13.5. The van der Waals surface area contributed by atoms with Gasteiger partial charge in [0.1, 0.15) is 11.9 Å². The smallest absolute Gasteiger partial charge is 0.414 e. The number of carbonyl (C=O) groups is 2. The van der Waals surface area contributed by atoms with E-state index in [1.165, 1.54) is 17.9 Å². The molecule has 152 valence electrons. The summed E-state index contributed by atoms with van der Waals surface area (Å²) in [4.78, 5) is 26.6. The number of hydrogen-bond acceptors (Lipinski definition) is 7. The lowest BCUT2D eigenvalue weighted by Crippen LogP contribution is -2.45.